The molecule has 0 aromatic rings. The Bertz CT molecular complexity index is 779. The molecule has 4 aliphatic carbocycles. The number of hydrogen-bond donors (Lipinski definition) is 0. The van der Waals surface area contributed by atoms with E-state index in [0.717, 1.165) is 43.4 Å². The first kappa shape index (κ1) is 24.0. The Hall–Kier alpha value is -1.12. The van der Waals surface area contributed by atoms with Crippen molar-refractivity contribution < 1.29 is 14.3 Å². The third-order valence-corrected chi connectivity index (χ3v) is 10.3. The van der Waals surface area contributed by atoms with Crippen molar-refractivity contribution in [3.63, 3.8) is 0 Å². The number of allylic oxidation sites excluding steroid dienone is 2. The average Bonchev–Trinajstić information content (AvgIpc) is 3.05. The molecule has 0 aromatic carbocycles. The minimum Gasteiger partial charge on any atom is -0.463 e. The van der Waals surface area contributed by atoms with Gasteiger partial charge in [0, 0.05) is 13.3 Å². The molecule has 32 heavy (non-hydrogen) atoms. The van der Waals surface area contributed by atoms with Crippen LogP contribution in [0.3, 0.4) is 0 Å². The number of carbonyl (C=O) groups excluding carboxylic acids is 2. The number of ketones is 1. The highest BCUT2D eigenvalue weighted by molar-refractivity contribution is 5.98. The van der Waals surface area contributed by atoms with E-state index >= 15 is 0 Å². The molecule has 0 N–H and O–H groups in total. The second-order valence-corrected chi connectivity index (χ2v) is 12.7. The lowest BCUT2D eigenvalue weighted by Crippen LogP contribution is -2.48. The van der Waals surface area contributed by atoms with Gasteiger partial charge in [0.2, 0.25) is 0 Å². The molecule has 2 saturated carbocycles. The smallest absolute Gasteiger partial charge is 0.302 e. The molecule has 0 unspecified atom stereocenters. The molecule has 0 saturated heterocycles. The quantitative estimate of drug-likeness (QED) is 0.406. The van der Waals surface area contributed by atoms with Crippen LogP contribution >= 0.6 is 0 Å². The van der Waals surface area contributed by atoms with E-state index in [1.807, 2.05) is 0 Å². The Morgan fingerprint density at radius 1 is 1.09 bits per heavy atom. The fourth-order valence-corrected chi connectivity index (χ4v) is 8.52. The van der Waals surface area contributed by atoms with Gasteiger partial charge in [-0.2, -0.15) is 0 Å². The van der Waals surface area contributed by atoms with Crippen molar-refractivity contribution in [2.45, 2.75) is 118 Å². The first-order valence-electron chi connectivity index (χ1n) is 13.5. The molecule has 0 amide bonds. The van der Waals surface area contributed by atoms with Crippen molar-refractivity contribution in [3.05, 3.63) is 11.1 Å². The topological polar surface area (TPSA) is 43.4 Å². The largest absolute Gasteiger partial charge is 0.463 e. The lowest BCUT2D eigenvalue weighted by molar-refractivity contribution is -0.150. The van der Waals surface area contributed by atoms with Crippen LogP contribution in [0.1, 0.15) is 112 Å². The van der Waals surface area contributed by atoms with Crippen LogP contribution in [0.15, 0.2) is 11.1 Å². The van der Waals surface area contributed by atoms with Gasteiger partial charge < -0.3 is 4.74 Å². The van der Waals surface area contributed by atoms with Crippen molar-refractivity contribution in [1.82, 2.24) is 0 Å². The van der Waals surface area contributed by atoms with Gasteiger partial charge in [-0.15, -0.1) is 0 Å². The summed E-state index contributed by atoms with van der Waals surface area (Å²) in [7, 11) is 0. The van der Waals surface area contributed by atoms with Crippen LogP contribution in [0, 0.1) is 40.4 Å². The maximum absolute atomic E-state index is 13.6. The molecule has 2 fully saturated rings. The van der Waals surface area contributed by atoms with Crippen LogP contribution in [0.2, 0.25) is 0 Å². The number of rotatable bonds is 6. The first-order chi connectivity index (χ1) is 15.1. The van der Waals surface area contributed by atoms with Crippen LogP contribution in [0.25, 0.3) is 0 Å². The molecule has 3 heteroatoms. The zero-order valence-corrected chi connectivity index (χ0v) is 21.5. The second-order valence-electron chi connectivity index (χ2n) is 12.7. The number of esters is 1. The minimum atomic E-state index is -0.186. The van der Waals surface area contributed by atoms with Gasteiger partial charge in [-0.3, -0.25) is 9.59 Å². The zero-order valence-electron chi connectivity index (χ0n) is 21.5. The summed E-state index contributed by atoms with van der Waals surface area (Å²) in [6.07, 6.45) is 12.4. The predicted molar refractivity (Wildman–Crippen MR) is 129 cm³/mol. The van der Waals surface area contributed by atoms with E-state index in [9.17, 15) is 9.59 Å². The molecular formula is C29H46O3. The molecule has 0 aliphatic heterocycles. The van der Waals surface area contributed by atoms with E-state index in [1.54, 1.807) is 0 Å². The number of carbonyl (C=O) groups is 2. The summed E-state index contributed by atoms with van der Waals surface area (Å²) in [5, 5.41) is 0. The summed E-state index contributed by atoms with van der Waals surface area (Å²) >= 11 is 0. The monoisotopic (exact) mass is 442 g/mol. The van der Waals surface area contributed by atoms with Gasteiger partial charge in [-0.05, 0) is 90.9 Å². The van der Waals surface area contributed by atoms with Gasteiger partial charge in [0.1, 0.15) is 6.10 Å². The van der Waals surface area contributed by atoms with Crippen molar-refractivity contribution in [2.75, 3.05) is 0 Å². The predicted octanol–water partition coefficient (Wildman–Crippen LogP) is 7.28. The highest BCUT2D eigenvalue weighted by Crippen LogP contribution is 2.65. The first-order valence-corrected chi connectivity index (χ1v) is 13.5. The number of ether oxygens (including phenoxy) is 1. The molecule has 180 valence electrons. The van der Waals surface area contributed by atoms with Gasteiger partial charge in [0.05, 0.1) is 0 Å². The van der Waals surface area contributed by atoms with E-state index < -0.39 is 0 Å². The Morgan fingerprint density at radius 2 is 1.84 bits per heavy atom. The molecule has 0 heterocycles. The molecule has 0 bridgehead atoms. The molecule has 4 aliphatic rings. The Morgan fingerprint density at radius 3 is 2.53 bits per heavy atom. The van der Waals surface area contributed by atoms with Gasteiger partial charge >= 0.3 is 5.97 Å². The maximum Gasteiger partial charge on any atom is 0.302 e. The minimum absolute atomic E-state index is 0.00284. The van der Waals surface area contributed by atoms with Crippen molar-refractivity contribution in [1.29, 1.82) is 0 Å². The molecule has 3 nitrogen and oxygen atoms in total. The molecule has 0 aromatic heterocycles. The Balaban J connectivity index is 1.54. The maximum atomic E-state index is 13.6. The zero-order chi connectivity index (χ0) is 23.3. The van der Waals surface area contributed by atoms with Crippen LogP contribution < -0.4 is 0 Å². The Labute approximate surface area is 196 Å². The number of hydrogen-bond acceptors (Lipinski definition) is 3. The summed E-state index contributed by atoms with van der Waals surface area (Å²) in [6.45, 7) is 13.6. The van der Waals surface area contributed by atoms with Crippen LogP contribution in [0.4, 0.5) is 0 Å². The fourth-order valence-electron chi connectivity index (χ4n) is 8.52. The summed E-state index contributed by atoms with van der Waals surface area (Å²) in [6, 6.07) is 0. The molecule has 0 radical (unpaired) electrons. The van der Waals surface area contributed by atoms with Gasteiger partial charge in [-0.1, -0.05) is 59.5 Å². The van der Waals surface area contributed by atoms with E-state index in [-0.39, 0.29) is 17.5 Å². The second kappa shape index (κ2) is 8.91. The fraction of sp³-hybridized carbons (Fsp3) is 0.862. The highest BCUT2D eigenvalue weighted by atomic mass is 16.5. The average molecular weight is 443 g/mol. The standard InChI is InChI=1S/C29H46O3/c1-18(2)8-7-9-19(3)23-10-11-24-27-25(13-15-29(23,24)6)28(5)14-12-22(32-20(4)30)16-21(28)17-26(27)31/h18-19,21-24H,7-17H2,1-6H3/t19-,21-,22-,23+,24+,28+,29-/m1/s1. The summed E-state index contributed by atoms with van der Waals surface area (Å²) in [5.74, 6) is 3.35. The Kier molecular flexibility index (Phi) is 6.69. The SMILES string of the molecule is CC(=O)O[C@@H]1CC[C@]2(C)C3=C(C(=O)C[C@H]2C1)[C@@H]1CC[C@@H]([C@H](C)CCCC(C)C)[C@@]1(C)CC3. The van der Waals surface area contributed by atoms with E-state index in [2.05, 4.69) is 34.6 Å². The molecule has 4 rings (SSSR count). The van der Waals surface area contributed by atoms with E-state index in [4.69, 9.17) is 4.74 Å². The van der Waals surface area contributed by atoms with Crippen LogP contribution in [-0.2, 0) is 14.3 Å². The lowest BCUT2D eigenvalue weighted by atomic mass is 9.50. The molecule has 0 spiro atoms. The summed E-state index contributed by atoms with van der Waals surface area (Å²) < 4.78 is 5.56. The normalized spacial score (nSPS) is 40.0. The number of fused-ring (bicyclic) bond motifs is 4. The highest BCUT2D eigenvalue weighted by Gasteiger charge is 2.58. The van der Waals surface area contributed by atoms with Crippen LogP contribution in [0.5, 0.6) is 0 Å². The third-order valence-electron chi connectivity index (χ3n) is 10.3. The molecular weight excluding hydrogens is 396 g/mol. The third kappa shape index (κ3) is 4.11. The van der Waals surface area contributed by atoms with E-state index in [0.29, 0.717) is 29.5 Å². The van der Waals surface area contributed by atoms with Crippen molar-refractivity contribution >= 4 is 11.8 Å². The van der Waals surface area contributed by atoms with Crippen LogP contribution in [-0.4, -0.2) is 17.9 Å². The van der Waals surface area contributed by atoms with Gasteiger partial charge in [0.15, 0.2) is 5.78 Å². The summed E-state index contributed by atoms with van der Waals surface area (Å²) in [4.78, 5) is 25.1. The lowest BCUT2D eigenvalue weighted by Gasteiger charge is -2.54. The summed E-state index contributed by atoms with van der Waals surface area (Å²) in [5.41, 5.74) is 3.20. The van der Waals surface area contributed by atoms with E-state index in [1.165, 1.54) is 56.6 Å². The van der Waals surface area contributed by atoms with Gasteiger partial charge in [0.25, 0.3) is 0 Å². The van der Waals surface area contributed by atoms with Crippen molar-refractivity contribution in [3.8, 4) is 0 Å². The van der Waals surface area contributed by atoms with Gasteiger partial charge in [-0.25, -0.2) is 0 Å². The molecule has 7 atom stereocenters. The number of Topliss-reactive ketones (excluding diaryl/α,β-unsaturated/α-hetero) is 1. The van der Waals surface area contributed by atoms with Crippen molar-refractivity contribution in [2.24, 2.45) is 40.4 Å².